The van der Waals surface area contributed by atoms with Gasteiger partial charge in [0.1, 0.15) is 24.2 Å². The van der Waals surface area contributed by atoms with Gasteiger partial charge in [0.05, 0.1) is 18.6 Å². The summed E-state index contributed by atoms with van der Waals surface area (Å²) in [5.74, 6) is -0.976. The van der Waals surface area contributed by atoms with Crippen molar-refractivity contribution in [1.82, 2.24) is 10.2 Å². The van der Waals surface area contributed by atoms with Gasteiger partial charge in [0, 0.05) is 19.0 Å². The summed E-state index contributed by atoms with van der Waals surface area (Å²) in [7, 11) is -3.93. The number of nitrogens with one attached hydrogen (secondary N) is 1. The van der Waals surface area contributed by atoms with Gasteiger partial charge in [0.15, 0.2) is 0 Å². The summed E-state index contributed by atoms with van der Waals surface area (Å²) in [6.07, 6.45) is 5.03. The summed E-state index contributed by atoms with van der Waals surface area (Å²) in [6.45, 7) is 1.53. The molecule has 2 amide bonds. The van der Waals surface area contributed by atoms with Gasteiger partial charge in [-0.15, -0.1) is 0 Å². The summed E-state index contributed by atoms with van der Waals surface area (Å²) < 4.78 is 46.5. The van der Waals surface area contributed by atoms with Gasteiger partial charge < -0.3 is 15.0 Å². The molecule has 0 heterocycles. The Labute approximate surface area is 247 Å². The Morgan fingerprint density at radius 1 is 0.952 bits per heavy atom. The van der Waals surface area contributed by atoms with Crippen molar-refractivity contribution >= 4 is 27.5 Å². The number of anilines is 1. The van der Waals surface area contributed by atoms with Crippen LogP contribution in [0, 0.1) is 5.82 Å². The van der Waals surface area contributed by atoms with E-state index in [0.29, 0.717) is 17.9 Å². The highest BCUT2D eigenvalue weighted by Gasteiger charge is 2.34. The molecule has 1 unspecified atom stereocenters. The van der Waals surface area contributed by atoms with E-state index in [1.807, 2.05) is 30.3 Å². The minimum Gasteiger partial charge on any atom is -0.492 e. The lowest BCUT2D eigenvalue weighted by Gasteiger charge is -2.34. The molecule has 1 N–H and O–H groups in total. The predicted octanol–water partition coefficient (Wildman–Crippen LogP) is 4.69. The van der Waals surface area contributed by atoms with Gasteiger partial charge in [-0.05, 0) is 55.2 Å². The molecule has 224 valence electrons. The zero-order valence-electron chi connectivity index (χ0n) is 24.0. The number of sulfonamides is 1. The van der Waals surface area contributed by atoms with Crippen LogP contribution in [0.15, 0.2) is 78.9 Å². The van der Waals surface area contributed by atoms with Crippen LogP contribution in [-0.4, -0.2) is 56.6 Å². The van der Waals surface area contributed by atoms with Crippen LogP contribution in [0.2, 0.25) is 0 Å². The molecule has 1 atom stereocenters. The number of amides is 2. The van der Waals surface area contributed by atoms with Crippen molar-refractivity contribution in [2.75, 3.05) is 23.7 Å². The Bertz CT molecular complexity index is 1440. The number of halogens is 1. The first-order valence-electron chi connectivity index (χ1n) is 14.2. The van der Waals surface area contributed by atoms with Crippen molar-refractivity contribution in [3.63, 3.8) is 0 Å². The van der Waals surface area contributed by atoms with Crippen LogP contribution in [0.3, 0.4) is 0 Å². The first-order chi connectivity index (χ1) is 20.2. The zero-order chi connectivity index (χ0) is 30.1. The Balaban J connectivity index is 1.73. The van der Waals surface area contributed by atoms with E-state index in [0.717, 1.165) is 41.8 Å². The SMILES string of the molecule is CCOc1ccccc1N(CC(=O)N(Cc1ccc(F)cc1)C(Cc1ccccc1)C(=O)NC1CCCC1)S(C)(=O)=O. The summed E-state index contributed by atoms with van der Waals surface area (Å²) in [5, 5.41) is 3.13. The number of hydrogen-bond donors (Lipinski definition) is 1. The van der Waals surface area contributed by atoms with Crippen molar-refractivity contribution in [3.05, 3.63) is 95.8 Å². The van der Waals surface area contributed by atoms with Gasteiger partial charge in [-0.25, -0.2) is 12.8 Å². The molecule has 3 aromatic carbocycles. The third kappa shape index (κ3) is 8.31. The molecule has 0 radical (unpaired) electrons. The van der Waals surface area contributed by atoms with Gasteiger partial charge in [0.25, 0.3) is 0 Å². The topological polar surface area (TPSA) is 96.0 Å². The first-order valence-corrected chi connectivity index (χ1v) is 16.1. The van der Waals surface area contributed by atoms with Crippen molar-refractivity contribution in [2.45, 2.75) is 57.7 Å². The third-order valence-electron chi connectivity index (χ3n) is 7.35. The lowest BCUT2D eigenvalue weighted by molar-refractivity contribution is -0.140. The van der Waals surface area contributed by atoms with E-state index in [2.05, 4.69) is 5.32 Å². The Kier molecular flexibility index (Phi) is 10.6. The highest BCUT2D eigenvalue weighted by Crippen LogP contribution is 2.30. The van der Waals surface area contributed by atoms with Gasteiger partial charge in [-0.2, -0.15) is 0 Å². The van der Waals surface area contributed by atoms with Crippen LogP contribution in [0.5, 0.6) is 5.75 Å². The largest absolute Gasteiger partial charge is 0.492 e. The molecule has 0 bridgehead atoms. The third-order valence-corrected chi connectivity index (χ3v) is 8.48. The van der Waals surface area contributed by atoms with Crippen molar-refractivity contribution < 1.29 is 27.1 Å². The van der Waals surface area contributed by atoms with E-state index in [1.165, 1.54) is 17.0 Å². The van der Waals surface area contributed by atoms with E-state index in [4.69, 9.17) is 4.74 Å². The highest BCUT2D eigenvalue weighted by atomic mass is 32.2. The zero-order valence-corrected chi connectivity index (χ0v) is 24.9. The Morgan fingerprint density at radius 3 is 2.24 bits per heavy atom. The molecule has 1 saturated carbocycles. The summed E-state index contributed by atoms with van der Waals surface area (Å²) in [6, 6.07) is 20.8. The van der Waals surface area contributed by atoms with E-state index in [9.17, 15) is 22.4 Å². The number of carbonyl (C=O) groups excluding carboxylic acids is 2. The molecule has 1 aliphatic carbocycles. The van der Waals surface area contributed by atoms with Gasteiger partial charge in [0.2, 0.25) is 21.8 Å². The molecule has 0 saturated heterocycles. The molecule has 3 aromatic rings. The number of carbonyl (C=O) groups is 2. The van der Waals surface area contributed by atoms with Crippen LogP contribution in [0.4, 0.5) is 10.1 Å². The normalized spacial score (nSPS) is 14.3. The van der Waals surface area contributed by atoms with E-state index in [-0.39, 0.29) is 30.6 Å². The van der Waals surface area contributed by atoms with Gasteiger partial charge >= 0.3 is 0 Å². The lowest BCUT2D eigenvalue weighted by Crippen LogP contribution is -2.54. The second kappa shape index (κ2) is 14.3. The molecule has 42 heavy (non-hydrogen) atoms. The minimum atomic E-state index is -3.93. The first kappa shape index (κ1) is 31.0. The fourth-order valence-electron chi connectivity index (χ4n) is 5.24. The van der Waals surface area contributed by atoms with Crippen LogP contribution in [0.25, 0.3) is 0 Å². The summed E-state index contributed by atoms with van der Waals surface area (Å²) in [4.78, 5) is 29.5. The maximum atomic E-state index is 14.2. The molecule has 1 fully saturated rings. The molecule has 10 heteroatoms. The molecule has 0 spiro atoms. The number of nitrogens with zero attached hydrogens (tertiary/aromatic N) is 2. The molecular weight excluding hydrogens is 557 g/mol. The molecule has 4 rings (SSSR count). The Hall–Kier alpha value is -3.92. The standard InChI is InChI=1S/C32H38FN3O5S/c1-3-41-30-16-10-9-15-28(30)36(42(2,39)40)23-31(37)35(22-25-17-19-26(33)20-18-25)29(21-24-11-5-4-6-12-24)32(38)34-27-13-7-8-14-27/h4-6,9-12,15-20,27,29H,3,7-8,13-14,21-23H2,1-2H3,(H,34,38). The molecule has 1 aliphatic rings. The maximum Gasteiger partial charge on any atom is 0.244 e. The molecule has 0 aromatic heterocycles. The second-order valence-corrected chi connectivity index (χ2v) is 12.4. The van der Waals surface area contributed by atoms with Gasteiger partial charge in [-0.1, -0.05) is 67.4 Å². The molecule has 0 aliphatic heterocycles. The lowest BCUT2D eigenvalue weighted by atomic mass is 10.0. The fraction of sp³-hybridized carbons (Fsp3) is 0.375. The number of hydrogen-bond acceptors (Lipinski definition) is 5. The monoisotopic (exact) mass is 595 g/mol. The minimum absolute atomic E-state index is 0.0145. The average Bonchev–Trinajstić information content (AvgIpc) is 3.48. The second-order valence-electron chi connectivity index (χ2n) is 10.5. The van der Waals surface area contributed by atoms with Crippen LogP contribution >= 0.6 is 0 Å². The summed E-state index contributed by atoms with van der Waals surface area (Å²) in [5.41, 5.74) is 1.69. The number of rotatable bonds is 13. The maximum absolute atomic E-state index is 14.2. The van der Waals surface area contributed by atoms with Crippen molar-refractivity contribution in [1.29, 1.82) is 0 Å². The fourth-order valence-corrected chi connectivity index (χ4v) is 6.10. The van der Waals surface area contributed by atoms with Crippen molar-refractivity contribution in [3.8, 4) is 5.75 Å². The van der Waals surface area contributed by atoms with Crippen LogP contribution < -0.4 is 14.4 Å². The average molecular weight is 596 g/mol. The van der Waals surface area contributed by atoms with Crippen LogP contribution in [0.1, 0.15) is 43.7 Å². The van der Waals surface area contributed by atoms with Gasteiger partial charge in [-0.3, -0.25) is 13.9 Å². The quantitative estimate of drug-likeness (QED) is 0.309. The van der Waals surface area contributed by atoms with Crippen molar-refractivity contribution in [2.24, 2.45) is 0 Å². The van der Waals surface area contributed by atoms with E-state index >= 15 is 0 Å². The molecule has 8 nitrogen and oxygen atoms in total. The number of benzene rings is 3. The summed E-state index contributed by atoms with van der Waals surface area (Å²) >= 11 is 0. The highest BCUT2D eigenvalue weighted by molar-refractivity contribution is 7.92. The predicted molar refractivity (Wildman–Crippen MR) is 161 cm³/mol. The Morgan fingerprint density at radius 2 is 1.60 bits per heavy atom. The molecular formula is C32H38FN3O5S. The number of para-hydroxylation sites is 2. The number of ether oxygens (including phenoxy) is 1. The van der Waals surface area contributed by atoms with Crippen LogP contribution in [-0.2, 0) is 32.6 Å². The van der Waals surface area contributed by atoms with E-state index < -0.39 is 34.3 Å². The smallest absolute Gasteiger partial charge is 0.244 e. The van der Waals surface area contributed by atoms with E-state index in [1.54, 1.807) is 43.3 Å².